The predicted molar refractivity (Wildman–Crippen MR) is 118 cm³/mol. The van der Waals surface area contributed by atoms with Gasteiger partial charge >= 0.3 is 0 Å². The van der Waals surface area contributed by atoms with Crippen LogP contribution >= 0.6 is 0 Å². The van der Waals surface area contributed by atoms with Crippen LogP contribution in [0.4, 0.5) is 0 Å². The van der Waals surface area contributed by atoms with Gasteiger partial charge in [0.1, 0.15) is 0 Å². The Morgan fingerprint density at radius 3 is 2.60 bits per heavy atom. The molecule has 1 aromatic heterocycles. The number of ether oxygens (including phenoxy) is 2. The summed E-state index contributed by atoms with van der Waals surface area (Å²) < 4.78 is 12.8. The van der Waals surface area contributed by atoms with Crippen molar-refractivity contribution < 1.29 is 14.3 Å². The second-order valence-corrected chi connectivity index (χ2v) is 7.67. The molecule has 1 heterocycles. The van der Waals surface area contributed by atoms with E-state index in [2.05, 4.69) is 19.2 Å². The van der Waals surface area contributed by atoms with Crippen molar-refractivity contribution in [3.8, 4) is 11.5 Å². The number of hydrogen-bond acceptors (Lipinski definition) is 4. The van der Waals surface area contributed by atoms with E-state index in [0.29, 0.717) is 36.1 Å². The van der Waals surface area contributed by atoms with E-state index in [9.17, 15) is 9.59 Å². The van der Waals surface area contributed by atoms with Gasteiger partial charge in [0, 0.05) is 25.0 Å². The van der Waals surface area contributed by atoms with Gasteiger partial charge in [-0.05, 0) is 36.1 Å². The summed E-state index contributed by atoms with van der Waals surface area (Å²) in [6.45, 7) is 5.24. The van der Waals surface area contributed by atoms with Crippen molar-refractivity contribution in [2.45, 2.75) is 26.8 Å². The molecule has 6 heteroatoms. The largest absolute Gasteiger partial charge is 0.493 e. The molecule has 0 radical (unpaired) electrons. The molecular formula is C24H28N2O4. The van der Waals surface area contributed by atoms with Gasteiger partial charge in [-0.3, -0.25) is 9.59 Å². The van der Waals surface area contributed by atoms with E-state index < -0.39 is 0 Å². The molecule has 2 aromatic carbocycles. The Bertz CT molecular complexity index is 1100. The van der Waals surface area contributed by atoms with Crippen molar-refractivity contribution in [2.75, 3.05) is 13.7 Å². The number of hydrogen-bond donors (Lipinski definition) is 1. The Hall–Kier alpha value is -3.28. The standard InChI is InChI=1S/C24H28N2O4/c1-16(2)11-12-30-21-10-9-17(13-22(21)29-4)15-25-24(28)19-14-23(27)26(3)20-8-6-5-7-18(19)20/h5-10,13-14,16H,11-12,15H2,1-4H3,(H,25,28). The number of pyridine rings is 1. The highest BCUT2D eigenvalue weighted by molar-refractivity contribution is 6.06. The molecule has 3 aromatic rings. The number of carbonyl (C=O) groups is 1. The summed E-state index contributed by atoms with van der Waals surface area (Å²) in [5.74, 6) is 1.59. The number of para-hydroxylation sites is 1. The van der Waals surface area contributed by atoms with Crippen LogP contribution in [0.15, 0.2) is 53.3 Å². The van der Waals surface area contributed by atoms with Gasteiger partial charge in [0.25, 0.3) is 11.5 Å². The second-order valence-electron chi connectivity index (χ2n) is 7.67. The maximum Gasteiger partial charge on any atom is 0.252 e. The molecule has 0 atom stereocenters. The Labute approximate surface area is 176 Å². The summed E-state index contributed by atoms with van der Waals surface area (Å²) >= 11 is 0. The lowest BCUT2D eigenvalue weighted by Crippen LogP contribution is -2.26. The van der Waals surface area contributed by atoms with Crippen molar-refractivity contribution in [1.82, 2.24) is 9.88 Å². The predicted octanol–water partition coefficient (Wildman–Crippen LogP) is 3.90. The second kappa shape index (κ2) is 9.48. The van der Waals surface area contributed by atoms with Crippen molar-refractivity contribution >= 4 is 16.8 Å². The van der Waals surface area contributed by atoms with Crippen LogP contribution in [0.5, 0.6) is 11.5 Å². The molecule has 30 heavy (non-hydrogen) atoms. The average molecular weight is 408 g/mol. The minimum atomic E-state index is -0.292. The molecule has 0 bridgehead atoms. The molecule has 1 amide bonds. The Balaban J connectivity index is 1.74. The molecule has 0 aliphatic carbocycles. The van der Waals surface area contributed by atoms with E-state index in [4.69, 9.17) is 9.47 Å². The number of nitrogens with zero attached hydrogens (tertiary/aromatic N) is 1. The zero-order valence-electron chi connectivity index (χ0n) is 17.9. The molecule has 0 aliphatic heterocycles. The molecule has 3 rings (SSSR count). The molecule has 0 fully saturated rings. The van der Waals surface area contributed by atoms with Crippen LogP contribution < -0.4 is 20.3 Å². The van der Waals surface area contributed by atoms with Gasteiger partial charge in [-0.1, -0.05) is 38.1 Å². The number of benzene rings is 2. The lowest BCUT2D eigenvalue weighted by atomic mass is 10.1. The van der Waals surface area contributed by atoms with Crippen molar-refractivity contribution in [3.63, 3.8) is 0 Å². The summed E-state index contributed by atoms with van der Waals surface area (Å²) in [5.41, 5.74) is 1.75. The highest BCUT2D eigenvalue weighted by Gasteiger charge is 2.14. The first kappa shape index (κ1) is 21.4. The fourth-order valence-corrected chi connectivity index (χ4v) is 3.22. The topological polar surface area (TPSA) is 69.6 Å². The minimum Gasteiger partial charge on any atom is -0.493 e. The van der Waals surface area contributed by atoms with Crippen LogP contribution in [0, 0.1) is 5.92 Å². The number of aryl methyl sites for hydroxylation is 1. The van der Waals surface area contributed by atoms with E-state index in [0.717, 1.165) is 22.9 Å². The molecule has 1 N–H and O–H groups in total. The number of rotatable bonds is 8. The van der Waals surface area contributed by atoms with Crippen molar-refractivity contribution in [2.24, 2.45) is 13.0 Å². The summed E-state index contributed by atoms with van der Waals surface area (Å²) in [6.07, 6.45) is 0.964. The third kappa shape index (κ3) is 4.82. The monoisotopic (exact) mass is 408 g/mol. The van der Waals surface area contributed by atoms with Crippen LogP contribution in [-0.2, 0) is 13.6 Å². The van der Waals surface area contributed by atoms with Crippen LogP contribution in [0.1, 0.15) is 36.2 Å². The average Bonchev–Trinajstić information content (AvgIpc) is 2.74. The number of fused-ring (bicyclic) bond motifs is 1. The Morgan fingerprint density at radius 1 is 1.10 bits per heavy atom. The highest BCUT2D eigenvalue weighted by atomic mass is 16.5. The first-order valence-corrected chi connectivity index (χ1v) is 10.1. The van der Waals surface area contributed by atoms with Gasteiger partial charge < -0.3 is 19.4 Å². The highest BCUT2D eigenvalue weighted by Crippen LogP contribution is 2.28. The number of methoxy groups -OCH3 is 1. The number of aromatic nitrogens is 1. The summed E-state index contributed by atoms with van der Waals surface area (Å²) in [5, 5.41) is 3.64. The van der Waals surface area contributed by atoms with Gasteiger partial charge in [-0.2, -0.15) is 0 Å². The third-order valence-electron chi connectivity index (χ3n) is 5.03. The van der Waals surface area contributed by atoms with Gasteiger partial charge in [-0.25, -0.2) is 0 Å². The molecule has 0 saturated heterocycles. The van der Waals surface area contributed by atoms with Gasteiger partial charge in [0.2, 0.25) is 0 Å². The van der Waals surface area contributed by atoms with Crippen molar-refractivity contribution in [3.05, 3.63) is 70.0 Å². The first-order chi connectivity index (χ1) is 14.4. The van der Waals surface area contributed by atoms with Gasteiger partial charge in [-0.15, -0.1) is 0 Å². The van der Waals surface area contributed by atoms with E-state index in [1.165, 1.54) is 10.6 Å². The quantitative estimate of drug-likeness (QED) is 0.614. The summed E-state index contributed by atoms with van der Waals surface area (Å²) in [4.78, 5) is 25.0. The van der Waals surface area contributed by atoms with Crippen LogP contribution in [0.3, 0.4) is 0 Å². The number of carbonyl (C=O) groups excluding carboxylic acids is 1. The van der Waals surface area contributed by atoms with Gasteiger partial charge in [0.15, 0.2) is 11.5 Å². The fourth-order valence-electron chi connectivity index (χ4n) is 3.22. The van der Waals surface area contributed by atoms with Crippen LogP contribution in [0.2, 0.25) is 0 Å². The lowest BCUT2D eigenvalue weighted by Gasteiger charge is -2.14. The summed E-state index contributed by atoms with van der Waals surface area (Å²) in [6, 6.07) is 14.4. The zero-order chi connectivity index (χ0) is 21.7. The SMILES string of the molecule is COc1cc(CNC(=O)c2cc(=O)n(C)c3ccccc23)ccc1OCCC(C)C. The van der Waals surface area contributed by atoms with E-state index >= 15 is 0 Å². The first-order valence-electron chi connectivity index (χ1n) is 10.1. The van der Waals surface area contributed by atoms with Crippen molar-refractivity contribution in [1.29, 1.82) is 0 Å². The Kier molecular flexibility index (Phi) is 6.77. The number of amides is 1. The lowest BCUT2D eigenvalue weighted by molar-refractivity contribution is 0.0952. The fraction of sp³-hybridized carbons (Fsp3) is 0.333. The molecule has 0 aliphatic rings. The van der Waals surface area contributed by atoms with Crippen LogP contribution in [0.25, 0.3) is 10.9 Å². The maximum absolute atomic E-state index is 12.8. The maximum atomic E-state index is 12.8. The molecule has 0 spiro atoms. The minimum absolute atomic E-state index is 0.219. The zero-order valence-corrected chi connectivity index (χ0v) is 17.9. The summed E-state index contributed by atoms with van der Waals surface area (Å²) in [7, 11) is 3.29. The van der Waals surface area contributed by atoms with E-state index in [1.807, 2.05) is 42.5 Å². The third-order valence-corrected chi connectivity index (χ3v) is 5.03. The molecule has 0 unspecified atom stereocenters. The van der Waals surface area contributed by atoms with Gasteiger partial charge in [0.05, 0.1) is 24.8 Å². The van der Waals surface area contributed by atoms with Crippen LogP contribution in [-0.4, -0.2) is 24.2 Å². The normalized spacial score (nSPS) is 11.0. The smallest absolute Gasteiger partial charge is 0.252 e. The molecule has 0 saturated carbocycles. The van der Waals surface area contributed by atoms with E-state index in [-0.39, 0.29) is 11.5 Å². The number of nitrogens with one attached hydrogen (secondary N) is 1. The molecular weight excluding hydrogens is 380 g/mol. The Morgan fingerprint density at radius 2 is 1.87 bits per heavy atom. The van der Waals surface area contributed by atoms with E-state index in [1.54, 1.807) is 14.2 Å². The molecule has 6 nitrogen and oxygen atoms in total. The molecule has 158 valence electrons.